The lowest BCUT2D eigenvalue weighted by Gasteiger charge is -2.39. The summed E-state index contributed by atoms with van der Waals surface area (Å²) < 4.78 is 23.2. The van der Waals surface area contributed by atoms with Crippen LogP contribution in [0.15, 0.2) is 0 Å². The highest BCUT2D eigenvalue weighted by Gasteiger charge is 2.38. The Morgan fingerprint density at radius 3 is 2.33 bits per heavy atom. The van der Waals surface area contributed by atoms with E-state index in [0.29, 0.717) is 25.4 Å². The number of hydrogen-bond acceptors (Lipinski definition) is 3. The number of carbonyl (C=O) groups excluding carboxylic acids is 1. The summed E-state index contributed by atoms with van der Waals surface area (Å²) in [6.07, 6.45) is 6.73. The standard InChI is InChI=1S/C13H23NO3S/c1-2-18(16,17)12-9-14(10-12)13(15)8-11-6-4-3-5-7-11/h11-12H,2-10H2,1H3. The average molecular weight is 273 g/mol. The van der Waals surface area contributed by atoms with Crippen LogP contribution < -0.4 is 0 Å². The lowest BCUT2D eigenvalue weighted by atomic mass is 9.86. The van der Waals surface area contributed by atoms with Crippen molar-refractivity contribution in [3.8, 4) is 0 Å². The van der Waals surface area contributed by atoms with E-state index >= 15 is 0 Å². The summed E-state index contributed by atoms with van der Waals surface area (Å²) >= 11 is 0. The summed E-state index contributed by atoms with van der Waals surface area (Å²) in [4.78, 5) is 13.7. The number of sulfone groups is 1. The van der Waals surface area contributed by atoms with E-state index in [9.17, 15) is 13.2 Å². The van der Waals surface area contributed by atoms with Gasteiger partial charge in [0.2, 0.25) is 5.91 Å². The second kappa shape index (κ2) is 5.59. The molecule has 0 N–H and O–H groups in total. The maximum absolute atomic E-state index is 12.0. The maximum atomic E-state index is 12.0. The van der Waals surface area contributed by atoms with Crippen molar-refractivity contribution in [2.24, 2.45) is 5.92 Å². The zero-order valence-corrected chi connectivity index (χ0v) is 11.9. The summed E-state index contributed by atoms with van der Waals surface area (Å²) in [5, 5.41) is -0.308. The van der Waals surface area contributed by atoms with Crippen molar-refractivity contribution in [3.05, 3.63) is 0 Å². The average Bonchev–Trinajstić information content (AvgIpc) is 2.28. The molecule has 2 aliphatic rings. The minimum absolute atomic E-state index is 0.157. The summed E-state index contributed by atoms with van der Waals surface area (Å²) in [6, 6.07) is 0. The van der Waals surface area contributed by atoms with Crippen LogP contribution in [-0.2, 0) is 14.6 Å². The number of likely N-dealkylation sites (tertiary alicyclic amines) is 1. The van der Waals surface area contributed by atoms with Gasteiger partial charge >= 0.3 is 0 Å². The first kappa shape index (κ1) is 13.8. The third-order valence-corrected chi connectivity index (χ3v) is 6.42. The Bertz CT molecular complexity index is 392. The second-order valence-electron chi connectivity index (χ2n) is 5.58. The number of nitrogens with zero attached hydrogens (tertiary/aromatic N) is 1. The van der Waals surface area contributed by atoms with E-state index in [1.54, 1.807) is 11.8 Å². The molecule has 0 unspecified atom stereocenters. The Morgan fingerprint density at radius 2 is 1.78 bits per heavy atom. The van der Waals surface area contributed by atoms with Crippen LogP contribution in [0.5, 0.6) is 0 Å². The highest BCUT2D eigenvalue weighted by Crippen LogP contribution is 2.28. The molecule has 2 fully saturated rings. The molecule has 0 aromatic carbocycles. The van der Waals surface area contributed by atoms with Crippen molar-refractivity contribution < 1.29 is 13.2 Å². The van der Waals surface area contributed by atoms with Gasteiger partial charge in [0.1, 0.15) is 0 Å². The third kappa shape index (κ3) is 3.05. The molecule has 0 atom stereocenters. The molecule has 0 spiro atoms. The van der Waals surface area contributed by atoms with Gasteiger partial charge in [-0.1, -0.05) is 26.2 Å². The molecule has 1 saturated heterocycles. The predicted octanol–water partition coefficient (Wildman–Crippen LogP) is 1.60. The van der Waals surface area contributed by atoms with Crippen molar-refractivity contribution >= 4 is 15.7 Å². The molecule has 5 heteroatoms. The normalized spacial score (nSPS) is 22.8. The summed E-state index contributed by atoms with van der Waals surface area (Å²) in [7, 11) is -2.95. The Balaban J connectivity index is 1.76. The Kier molecular flexibility index (Phi) is 4.30. The molecule has 0 bridgehead atoms. The summed E-state index contributed by atoms with van der Waals surface area (Å²) in [5.41, 5.74) is 0. The van der Waals surface area contributed by atoms with Crippen LogP contribution in [0.1, 0.15) is 45.4 Å². The number of hydrogen-bond donors (Lipinski definition) is 0. The fraction of sp³-hybridized carbons (Fsp3) is 0.923. The monoisotopic (exact) mass is 273 g/mol. The van der Waals surface area contributed by atoms with Crippen LogP contribution in [0, 0.1) is 5.92 Å². The molecule has 18 heavy (non-hydrogen) atoms. The summed E-state index contributed by atoms with van der Waals surface area (Å²) in [5.74, 6) is 0.875. The van der Waals surface area contributed by atoms with E-state index in [0.717, 1.165) is 12.8 Å². The van der Waals surface area contributed by atoms with Gasteiger partial charge in [0.05, 0.1) is 5.25 Å². The highest BCUT2D eigenvalue weighted by atomic mass is 32.2. The van der Waals surface area contributed by atoms with Gasteiger partial charge in [-0.05, 0) is 18.8 Å². The molecule has 0 aromatic rings. The Labute approximate surface area is 110 Å². The van der Waals surface area contributed by atoms with E-state index in [1.165, 1.54) is 19.3 Å². The van der Waals surface area contributed by atoms with Gasteiger partial charge in [0, 0.05) is 25.3 Å². The predicted molar refractivity (Wildman–Crippen MR) is 71.0 cm³/mol. The maximum Gasteiger partial charge on any atom is 0.222 e. The largest absolute Gasteiger partial charge is 0.340 e. The fourth-order valence-electron chi connectivity index (χ4n) is 2.87. The van der Waals surface area contributed by atoms with Crippen LogP contribution in [-0.4, -0.2) is 43.3 Å². The number of carbonyl (C=O) groups is 1. The number of amides is 1. The van der Waals surface area contributed by atoms with E-state index in [1.807, 2.05) is 0 Å². The lowest BCUT2D eigenvalue weighted by molar-refractivity contribution is -0.135. The molecule has 0 radical (unpaired) electrons. The van der Waals surface area contributed by atoms with E-state index in [-0.39, 0.29) is 16.9 Å². The molecule has 1 saturated carbocycles. The zero-order valence-electron chi connectivity index (χ0n) is 11.1. The lowest BCUT2D eigenvalue weighted by Crippen LogP contribution is -2.57. The highest BCUT2D eigenvalue weighted by molar-refractivity contribution is 7.92. The molecule has 2 rings (SSSR count). The molecular formula is C13H23NO3S. The first-order chi connectivity index (χ1) is 8.53. The number of rotatable bonds is 4. The van der Waals surface area contributed by atoms with Gasteiger partial charge in [0.15, 0.2) is 9.84 Å². The second-order valence-corrected chi connectivity index (χ2v) is 8.15. The van der Waals surface area contributed by atoms with Crippen LogP contribution in [0.2, 0.25) is 0 Å². The molecule has 104 valence electrons. The van der Waals surface area contributed by atoms with Gasteiger partial charge in [0.25, 0.3) is 0 Å². The van der Waals surface area contributed by atoms with Crippen molar-refractivity contribution in [1.82, 2.24) is 4.90 Å². The van der Waals surface area contributed by atoms with Gasteiger partial charge in [-0.3, -0.25) is 4.79 Å². The van der Waals surface area contributed by atoms with Crippen molar-refractivity contribution in [3.63, 3.8) is 0 Å². The van der Waals surface area contributed by atoms with Gasteiger partial charge < -0.3 is 4.90 Å². The molecule has 0 aromatic heterocycles. The summed E-state index contributed by atoms with van der Waals surface area (Å²) in [6.45, 7) is 2.51. The van der Waals surface area contributed by atoms with Gasteiger partial charge in [-0.15, -0.1) is 0 Å². The quantitative estimate of drug-likeness (QED) is 0.782. The van der Waals surface area contributed by atoms with E-state index < -0.39 is 9.84 Å². The minimum atomic E-state index is -2.95. The molecule has 1 amide bonds. The SMILES string of the molecule is CCS(=O)(=O)C1CN(C(=O)CC2CCCCC2)C1. The van der Waals surface area contributed by atoms with Crippen molar-refractivity contribution in [2.45, 2.75) is 50.7 Å². The van der Waals surface area contributed by atoms with E-state index in [2.05, 4.69) is 0 Å². The topological polar surface area (TPSA) is 54.5 Å². The molecule has 4 nitrogen and oxygen atoms in total. The molecule has 1 heterocycles. The smallest absolute Gasteiger partial charge is 0.222 e. The van der Waals surface area contributed by atoms with Crippen molar-refractivity contribution in [1.29, 1.82) is 0 Å². The van der Waals surface area contributed by atoms with Crippen molar-refractivity contribution in [2.75, 3.05) is 18.8 Å². The zero-order chi connectivity index (χ0) is 13.2. The molecule has 1 aliphatic carbocycles. The Morgan fingerprint density at radius 1 is 1.17 bits per heavy atom. The van der Waals surface area contributed by atoms with Gasteiger partial charge in [-0.2, -0.15) is 0 Å². The first-order valence-electron chi connectivity index (χ1n) is 7.02. The minimum Gasteiger partial charge on any atom is -0.340 e. The van der Waals surface area contributed by atoms with Crippen LogP contribution in [0.25, 0.3) is 0 Å². The Hall–Kier alpha value is -0.580. The fourth-order valence-corrected chi connectivity index (χ4v) is 4.16. The van der Waals surface area contributed by atoms with Crippen LogP contribution >= 0.6 is 0 Å². The van der Waals surface area contributed by atoms with Crippen LogP contribution in [0.3, 0.4) is 0 Å². The first-order valence-corrected chi connectivity index (χ1v) is 8.74. The van der Waals surface area contributed by atoms with E-state index in [4.69, 9.17) is 0 Å². The molecule has 1 aliphatic heterocycles. The van der Waals surface area contributed by atoms with Gasteiger partial charge in [-0.25, -0.2) is 8.42 Å². The van der Waals surface area contributed by atoms with Crippen LogP contribution in [0.4, 0.5) is 0 Å². The third-order valence-electron chi connectivity index (χ3n) is 4.30. The molecular weight excluding hydrogens is 250 g/mol.